The summed E-state index contributed by atoms with van der Waals surface area (Å²) in [5, 5.41) is 0. The van der Waals surface area contributed by atoms with Crippen molar-refractivity contribution in [3.63, 3.8) is 0 Å². The molecule has 2 unspecified atom stereocenters. The zero-order chi connectivity index (χ0) is 10.6. The van der Waals surface area contributed by atoms with Gasteiger partial charge in [0.05, 0.1) is 0 Å². The lowest BCUT2D eigenvalue weighted by Gasteiger charge is -2.14. The van der Waals surface area contributed by atoms with Crippen LogP contribution in [0.15, 0.2) is 28.7 Å². The highest BCUT2D eigenvalue weighted by Gasteiger charge is 2.09. The van der Waals surface area contributed by atoms with Gasteiger partial charge in [0.2, 0.25) is 0 Å². The predicted molar refractivity (Wildman–Crippen MR) is 64.0 cm³/mol. The Morgan fingerprint density at radius 3 is 2.43 bits per heavy atom. The first-order valence-corrected chi connectivity index (χ1v) is 5.66. The van der Waals surface area contributed by atoms with Crippen molar-refractivity contribution in [2.24, 2.45) is 11.5 Å². The van der Waals surface area contributed by atoms with E-state index >= 15 is 0 Å². The average molecular weight is 257 g/mol. The van der Waals surface area contributed by atoms with Crippen LogP contribution in [0.2, 0.25) is 0 Å². The molecule has 0 aliphatic rings. The van der Waals surface area contributed by atoms with E-state index in [1.54, 1.807) is 0 Å². The lowest BCUT2D eigenvalue weighted by Crippen LogP contribution is -2.19. The molecule has 0 aromatic heterocycles. The Bertz CT molecular complexity index is 286. The van der Waals surface area contributed by atoms with E-state index in [1.807, 2.05) is 25.1 Å². The van der Waals surface area contributed by atoms with Gasteiger partial charge in [-0.25, -0.2) is 0 Å². The standard InChI is InChI=1S/C11H17BrN2/c1-8(13)6-7-11(14)9-4-2-3-5-10(9)12/h2-5,8,11H,6-7,13-14H2,1H3. The molecular weight excluding hydrogens is 240 g/mol. The Balaban J connectivity index is 2.60. The number of nitrogens with two attached hydrogens (primary N) is 2. The van der Waals surface area contributed by atoms with E-state index in [4.69, 9.17) is 11.5 Å². The van der Waals surface area contributed by atoms with E-state index in [0.717, 1.165) is 22.9 Å². The van der Waals surface area contributed by atoms with Crippen molar-refractivity contribution < 1.29 is 0 Å². The monoisotopic (exact) mass is 256 g/mol. The van der Waals surface area contributed by atoms with Crippen molar-refractivity contribution in [1.29, 1.82) is 0 Å². The molecule has 0 aliphatic carbocycles. The Morgan fingerprint density at radius 1 is 1.21 bits per heavy atom. The molecule has 0 saturated carbocycles. The molecule has 1 rings (SSSR count). The molecule has 2 atom stereocenters. The minimum Gasteiger partial charge on any atom is -0.328 e. The van der Waals surface area contributed by atoms with Crippen LogP contribution in [0, 0.1) is 0 Å². The molecule has 3 heteroatoms. The summed E-state index contributed by atoms with van der Waals surface area (Å²) in [6, 6.07) is 8.37. The molecule has 0 bridgehead atoms. The molecular formula is C11H17BrN2. The van der Waals surface area contributed by atoms with Crippen LogP contribution in [0.4, 0.5) is 0 Å². The molecule has 0 amide bonds. The highest BCUT2D eigenvalue weighted by molar-refractivity contribution is 9.10. The Hall–Kier alpha value is -0.380. The molecule has 1 aromatic carbocycles. The van der Waals surface area contributed by atoms with Crippen molar-refractivity contribution in [2.75, 3.05) is 0 Å². The molecule has 1 aromatic rings. The van der Waals surface area contributed by atoms with Crippen LogP contribution in [0.5, 0.6) is 0 Å². The van der Waals surface area contributed by atoms with Crippen LogP contribution >= 0.6 is 15.9 Å². The van der Waals surface area contributed by atoms with Gasteiger partial charge < -0.3 is 11.5 Å². The Labute approximate surface area is 93.8 Å². The lowest BCUT2D eigenvalue weighted by molar-refractivity contribution is 0.554. The molecule has 78 valence electrons. The quantitative estimate of drug-likeness (QED) is 0.871. The number of halogens is 1. The number of hydrogen-bond acceptors (Lipinski definition) is 2. The summed E-state index contributed by atoms with van der Waals surface area (Å²) >= 11 is 3.49. The second kappa shape index (κ2) is 5.49. The van der Waals surface area contributed by atoms with Crippen LogP contribution in [-0.2, 0) is 0 Å². The minimum absolute atomic E-state index is 0.0802. The van der Waals surface area contributed by atoms with E-state index in [9.17, 15) is 0 Å². The van der Waals surface area contributed by atoms with E-state index in [0.29, 0.717) is 0 Å². The molecule has 0 saturated heterocycles. The first-order chi connectivity index (χ1) is 6.61. The van der Waals surface area contributed by atoms with E-state index < -0.39 is 0 Å². The van der Waals surface area contributed by atoms with Gasteiger partial charge in [-0.05, 0) is 31.4 Å². The molecule has 0 aliphatic heterocycles. The van der Waals surface area contributed by atoms with Gasteiger partial charge in [-0.1, -0.05) is 34.1 Å². The summed E-state index contributed by atoms with van der Waals surface area (Å²) in [5.74, 6) is 0. The van der Waals surface area contributed by atoms with Crippen molar-refractivity contribution in [1.82, 2.24) is 0 Å². The fourth-order valence-electron chi connectivity index (χ4n) is 1.37. The number of hydrogen-bond donors (Lipinski definition) is 2. The maximum absolute atomic E-state index is 6.06. The molecule has 0 spiro atoms. The lowest BCUT2D eigenvalue weighted by atomic mass is 10.0. The predicted octanol–water partition coefficient (Wildman–Crippen LogP) is 2.58. The Kier molecular flexibility index (Phi) is 4.58. The van der Waals surface area contributed by atoms with E-state index in [1.165, 1.54) is 0 Å². The zero-order valence-corrected chi connectivity index (χ0v) is 10.00. The third kappa shape index (κ3) is 3.40. The average Bonchev–Trinajstić information content (AvgIpc) is 2.15. The third-order valence-corrected chi connectivity index (χ3v) is 2.96. The normalized spacial score (nSPS) is 15.1. The van der Waals surface area contributed by atoms with Crippen molar-refractivity contribution in [2.45, 2.75) is 31.8 Å². The summed E-state index contributed by atoms with van der Waals surface area (Å²) in [6.07, 6.45) is 1.89. The summed E-state index contributed by atoms with van der Waals surface area (Å²) < 4.78 is 1.08. The number of rotatable bonds is 4. The second-order valence-corrected chi connectivity index (χ2v) is 4.54. The third-order valence-electron chi connectivity index (χ3n) is 2.24. The largest absolute Gasteiger partial charge is 0.328 e. The van der Waals surface area contributed by atoms with E-state index in [-0.39, 0.29) is 12.1 Å². The van der Waals surface area contributed by atoms with Gasteiger partial charge in [-0.15, -0.1) is 0 Å². The zero-order valence-electron chi connectivity index (χ0n) is 8.41. The number of benzene rings is 1. The topological polar surface area (TPSA) is 52.0 Å². The van der Waals surface area contributed by atoms with Crippen LogP contribution in [0.25, 0.3) is 0 Å². The van der Waals surface area contributed by atoms with E-state index in [2.05, 4.69) is 22.0 Å². The first-order valence-electron chi connectivity index (χ1n) is 4.87. The molecule has 0 heterocycles. The second-order valence-electron chi connectivity index (χ2n) is 3.68. The van der Waals surface area contributed by atoms with Crippen LogP contribution < -0.4 is 11.5 Å². The first kappa shape index (κ1) is 11.7. The highest BCUT2D eigenvalue weighted by atomic mass is 79.9. The SMILES string of the molecule is CC(N)CCC(N)c1ccccc1Br. The maximum atomic E-state index is 6.06. The van der Waals surface area contributed by atoms with Gasteiger partial charge in [0.25, 0.3) is 0 Å². The maximum Gasteiger partial charge on any atom is 0.0306 e. The fourth-order valence-corrected chi connectivity index (χ4v) is 1.95. The molecule has 4 N–H and O–H groups in total. The van der Waals surface area contributed by atoms with Gasteiger partial charge in [-0.2, -0.15) is 0 Å². The fraction of sp³-hybridized carbons (Fsp3) is 0.455. The van der Waals surface area contributed by atoms with Crippen molar-refractivity contribution in [3.05, 3.63) is 34.3 Å². The van der Waals surface area contributed by atoms with Crippen LogP contribution in [0.3, 0.4) is 0 Å². The summed E-state index contributed by atoms with van der Waals surface area (Å²) in [5.41, 5.74) is 12.9. The van der Waals surface area contributed by atoms with Gasteiger partial charge in [0.1, 0.15) is 0 Å². The van der Waals surface area contributed by atoms with Crippen LogP contribution in [-0.4, -0.2) is 6.04 Å². The summed E-state index contributed by atoms with van der Waals surface area (Å²) in [6.45, 7) is 2.01. The summed E-state index contributed by atoms with van der Waals surface area (Å²) in [7, 11) is 0. The summed E-state index contributed by atoms with van der Waals surface area (Å²) in [4.78, 5) is 0. The van der Waals surface area contributed by atoms with Gasteiger partial charge in [-0.3, -0.25) is 0 Å². The molecule has 0 radical (unpaired) electrons. The molecule has 0 fully saturated rings. The minimum atomic E-state index is 0.0802. The Morgan fingerprint density at radius 2 is 1.86 bits per heavy atom. The van der Waals surface area contributed by atoms with Crippen molar-refractivity contribution >= 4 is 15.9 Å². The van der Waals surface area contributed by atoms with Crippen LogP contribution in [0.1, 0.15) is 31.4 Å². The van der Waals surface area contributed by atoms with Gasteiger partial charge in [0, 0.05) is 16.6 Å². The van der Waals surface area contributed by atoms with Gasteiger partial charge >= 0.3 is 0 Å². The van der Waals surface area contributed by atoms with Crippen molar-refractivity contribution in [3.8, 4) is 0 Å². The molecule has 14 heavy (non-hydrogen) atoms. The molecule has 2 nitrogen and oxygen atoms in total. The smallest absolute Gasteiger partial charge is 0.0306 e. The van der Waals surface area contributed by atoms with Gasteiger partial charge in [0.15, 0.2) is 0 Å². The highest BCUT2D eigenvalue weighted by Crippen LogP contribution is 2.24.